The van der Waals surface area contributed by atoms with Crippen LogP contribution in [0.2, 0.25) is 0 Å². The summed E-state index contributed by atoms with van der Waals surface area (Å²) >= 11 is 0. The molecular weight excluding hydrogens is 496 g/mol. The Morgan fingerprint density at radius 2 is 1.31 bits per heavy atom. The Kier molecular flexibility index (Phi) is 14.5. The molecule has 2 aromatic carbocycles. The van der Waals surface area contributed by atoms with Crippen molar-refractivity contribution in [1.29, 1.82) is 15.8 Å². The van der Waals surface area contributed by atoms with E-state index in [1.54, 1.807) is 24.3 Å². The summed E-state index contributed by atoms with van der Waals surface area (Å²) < 4.78 is 0. The van der Waals surface area contributed by atoms with Crippen LogP contribution >= 0.6 is 0 Å². The molecular formula is C27H34N10O2. The molecule has 39 heavy (non-hydrogen) atoms. The lowest BCUT2D eigenvalue weighted by molar-refractivity contribution is 0.317. The van der Waals surface area contributed by atoms with E-state index in [0.717, 1.165) is 11.4 Å². The van der Waals surface area contributed by atoms with Gasteiger partial charge in [0.05, 0.1) is 36.2 Å². The van der Waals surface area contributed by atoms with Crippen molar-refractivity contribution in [2.75, 3.05) is 36.0 Å². The van der Waals surface area contributed by atoms with Gasteiger partial charge in [-0.15, -0.1) is 0 Å². The lowest BCUT2D eigenvalue weighted by atomic mass is 10.1. The van der Waals surface area contributed by atoms with Gasteiger partial charge in [-0.05, 0) is 24.3 Å². The van der Waals surface area contributed by atoms with E-state index in [4.69, 9.17) is 43.4 Å². The fourth-order valence-corrected chi connectivity index (χ4v) is 3.52. The van der Waals surface area contributed by atoms with Crippen LogP contribution in [0.25, 0.3) is 0 Å². The molecule has 0 saturated heterocycles. The van der Waals surface area contributed by atoms with Crippen molar-refractivity contribution in [2.45, 2.75) is 25.7 Å². The van der Waals surface area contributed by atoms with Gasteiger partial charge >= 0.3 is 0 Å². The molecule has 0 spiro atoms. The van der Waals surface area contributed by atoms with E-state index < -0.39 is 0 Å². The molecule has 204 valence electrons. The van der Waals surface area contributed by atoms with Gasteiger partial charge in [0, 0.05) is 56.0 Å². The number of oxime groups is 2. The van der Waals surface area contributed by atoms with Crippen LogP contribution < -0.4 is 27.0 Å². The van der Waals surface area contributed by atoms with E-state index in [2.05, 4.69) is 35.1 Å². The van der Waals surface area contributed by atoms with Gasteiger partial charge in [-0.25, -0.2) is 0 Å². The van der Waals surface area contributed by atoms with Crippen LogP contribution in [0.15, 0.2) is 71.1 Å². The quantitative estimate of drug-likeness (QED) is 0.110. The van der Waals surface area contributed by atoms with Gasteiger partial charge in [-0.3, -0.25) is 0 Å². The molecule has 0 amide bonds. The number of hydrogen-bond donors (Lipinski definition) is 5. The van der Waals surface area contributed by atoms with Crippen molar-refractivity contribution in [3.63, 3.8) is 0 Å². The van der Waals surface area contributed by atoms with Crippen LogP contribution in [-0.4, -0.2) is 48.3 Å². The molecule has 0 radical (unpaired) electrons. The third-order valence-corrected chi connectivity index (χ3v) is 5.45. The van der Waals surface area contributed by atoms with E-state index in [-0.39, 0.29) is 11.7 Å². The van der Waals surface area contributed by atoms with Crippen LogP contribution in [0.3, 0.4) is 0 Å². The minimum atomic E-state index is 0.0102. The maximum Gasteiger partial charge on any atom is 0.172 e. The summed E-state index contributed by atoms with van der Waals surface area (Å²) in [4.78, 5) is 3.87. The first-order valence-electron chi connectivity index (χ1n) is 12.0. The third-order valence-electron chi connectivity index (χ3n) is 5.45. The highest BCUT2D eigenvalue weighted by molar-refractivity contribution is 6.02. The summed E-state index contributed by atoms with van der Waals surface area (Å²) in [6.45, 7) is 5.82. The second-order valence-electron chi connectivity index (χ2n) is 8.17. The van der Waals surface area contributed by atoms with Gasteiger partial charge in [0.25, 0.3) is 0 Å². The molecule has 0 bridgehead atoms. The number of nitrogens with two attached hydrogens (primary N) is 3. The zero-order valence-electron chi connectivity index (χ0n) is 21.7. The SMILES string of the molecule is C=C(N)CCN(CCC(N)=NO)c1ccccc1C(N)=NO.N#CCCN(CCC#N)c1ccccc1C#N. The Hall–Kier alpha value is -5.41. The van der Waals surface area contributed by atoms with E-state index in [0.29, 0.717) is 68.7 Å². The minimum absolute atomic E-state index is 0.0102. The molecule has 8 N–H and O–H groups in total. The van der Waals surface area contributed by atoms with Gasteiger partial charge in [0.15, 0.2) is 5.84 Å². The summed E-state index contributed by atoms with van der Waals surface area (Å²) in [5, 5.41) is 49.8. The Bertz CT molecular complexity index is 1240. The molecule has 0 heterocycles. The number of nitriles is 3. The van der Waals surface area contributed by atoms with Crippen LogP contribution in [0, 0.1) is 34.0 Å². The average molecular weight is 531 g/mol. The highest BCUT2D eigenvalue weighted by atomic mass is 16.4. The van der Waals surface area contributed by atoms with E-state index >= 15 is 0 Å². The van der Waals surface area contributed by atoms with Crippen molar-refractivity contribution in [2.24, 2.45) is 27.5 Å². The summed E-state index contributed by atoms with van der Waals surface area (Å²) in [6, 6.07) is 20.7. The molecule has 0 unspecified atom stereocenters. The van der Waals surface area contributed by atoms with Crippen LogP contribution in [0.4, 0.5) is 11.4 Å². The molecule has 12 heteroatoms. The van der Waals surface area contributed by atoms with Crippen molar-refractivity contribution in [3.8, 4) is 18.2 Å². The Labute approximate surface area is 228 Å². The second kappa shape index (κ2) is 17.9. The van der Waals surface area contributed by atoms with Crippen molar-refractivity contribution < 1.29 is 10.4 Å². The standard InChI is InChI=1S/C14H22N6O2.C13H12N4/c1-10(15)6-8-20(9-7-13(16)18-21)12-5-3-2-4-11(12)14(17)19-22;14-7-3-9-17(10-4-8-15)13-6-2-1-5-12(13)11-16/h2-5,21-22H,1,6-9,15H2,(H2,16,18)(H2,17,19);1-2,5-6H,3-4,9-10H2. The summed E-state index contributed by atoms with van der Waals surface area (Å²) in [5.74, 6) is 0.133. The number of hydrogen-bond acceptors (Lipinski definition) is 10. The molecule has 0 saturated carbocycles. The molecule has 0 atom stereocenters. The first kappa shape index (κ1) is 31.6. The molecule has 12 nitrogen and oxygen atoms in total. The molecule has 2 aromatic rings. The Morgan fingerprint density at radius 1 is 0.769 bits per heavy atom. The number of anilines is 2. The summed E-state index contributed by atoms with van der Waals surface area (Å²) in [5.41, 5.74) is 20.1. The fourth-order valence-electron chi connectivity index (χ4n) is 3.52. The number of para-hydroxylation sites is 2. The van der Waals surface area contributed by atoms with Gasteiger partial charge in [0.1, 0.15) is 11.9 Å². The van der Waals surface area contributed by atoms with Crippen LogP contribution in [-0.2, 0) is 0 Å². The highest BCUT2D eigenvalue weighted by Gasteiger charge is 2.14. The number of benzene rings is 2. The van der Waals surface area contributed by atoms with E-state index in [9.17, 15) is 0 Å². The second-order valence-corrected chi connectivity index (χ2v) is 8.17. The predicted octanol–water partition coefficient (Wildman–Crippen LogP) is 2.78. The molecule has 0 aliphatic heterocycles. The normalized spacial score (nSPS) is 10.7. The van der Waals surface area contributed by atoms with Gasteiger partial charge < -0.3 is 37.4 Å². The molecule has 0 aliphatic rings. The molecule has 0 fully saturated rings. The highest BCUT2D eigenvalue weighted by Crippen LogP contribution is 2.22. The maximum absolute atomic E-state index is 9.01. The van der Waals surface area contributed by atoms with E-state index in [1.165, 1.54) is 0 Å². The van der Waals surface area contributed by atoms with E-state index in [1.807, 2.05) is 34.1 Å². The molecule has 0 aliphatic carbocycles. The van der Waals surface area contributed by atoms with Gasteiger partial charge in [-0.1, -0.05) is 41.2 Å². The lowest BCUT2D eigenvalue weighted by Crippen LogP contribution is -2.32. The predicted molar refractivity (Wildman–Crippen MR) is 151 cm³/mol. The minimum Gasteiger partial charge on any atom is -0.409 e. The topological polar surface area (TPSA) is 221 Å². The largest absolute Gasteiger partial charge is 0.409 e. The smallest absolute Gasteiger partial charge is 0.172 e. The van der Waals surface area contributed by atoms with Gasteiger partial charge in [0.2, 0.25) is 0 Å². The number of amidine groups is 2. The fraction of sp³-hybridized carbons (Fsp3) is 0.296. The zero-order chi connectivity index (χ0) is 29.0. The molecule has 2 rings (SSSR count). The summed E-state index contributed by atoms with van der Waals surface area (Å²) in [6.07, 6.45) is 1.69. The monoisotopic (exact) mass is 530 g/mol. The van der Waals surface area contributed by atoms with Crippen LogP contribution in [0.1, 0.15) is 36.8 Å². The number of rotatable bonds is 13. The van der Waals surface area contributed by atoms with Crippen molar-refractivity contribution >= 4 is 23.0 Å². The Morgan fingerprint density at radius 3 is 1.85 bits per heavy atom. The third kappa shape index (κ3) is 11.0. The Balaban J connectivity index is 0.000000403. The first-order valence-corrected chi connectivity index (χ1v) is 12.0. The van der Waals surface area contributed by atoms with Crippen molar-refractivity contribution in [1.82, 2.24) is 0 Å². The average Bonchev–Trinajstić information content (AvgIpc) is 2.97. The lowest BCUT2D eigenvalue weighted by Gasteiger charge is -2.26. The molecule has 0 aromatic heterocycles. The number of nitrogens with zero attached hydrogens (tertiary/aromatic N) is 7. The van der Waals surface area contributed by atoms with Gasteiger partial charge in [-0.2, -0.15) is 15.8 Å². The maximum atomic E-state index is 9.01. The first-order chi connectivity index (χ1) is 18.8. The van der Waals surface area contributed by atoms with Crippen molar-refractivity contribution in [3.05, 3.63) is 71.9 Å². The summed E-state index contributed by atoms with van der Waals surface area (Å²) in [7, 11) is 0. The van der Waals surface area contributed by atoms with Crippen LogP contribution in [0.5, 0.6) is 0 Å². The zero-order valence-corrected chi connectivity index (χ0v) is 21.7.